The van der Waals surface area contributed by atoms with Gasteiger partial charge in [-0.05, 0) is 41.5 Å². The number of nitrogens with one attached hydrogen (secondary N) is 1. The lowest BCUT2D eigenvalue weighted by Gasteiger charge is -2.08. The second-order valence-corrected chi connectivity index (χ2v) is 5.38. The van der Waals surface area contributed by atoms with Gasteiger partial charge in [-0.15, -0.1) is 0 Å². The molecule has 0 aliphatic carbocycles. The van der Waals surface area contributed by atoms with E-state index in [-0.39, 0.29) is 5.91 Å². The van der Waals surface area contributed by atoms with Gasteiger partial charge in [0.05, 0.1) is 6.61 Å². The lowest BCUT2D eigenvalue weighted by Crippen LogP contribution is -2.12. The third kappa shape index (κ3) is 4.33. The molecule has 3 aromatic carbocycles. The summed E-state index contributed by atoms with van der Waals surface area (Å²) in [5.41, 5.74) is 0.831. The van der Waals surface area contributed by atoms with Crippen LogP contribution in [0.2, 0.25) is 0 Å². The van der Waals surface area contributed by atoms with Crippen molar-refractivity contribution in [3.63, 3.8) is 0 Å². The summed E-state index contributed by atoms with van der Waals surface area (Å²) in [5.74, 6) is 0.847. The third-order valence-electron chi connectivity index (χ3n) is 3.59. The summed E-state index contributed by atoms with van der Waals surface area (Å²) in [6.07, 6.45) is 1.13. The van der Waals surface area contributed by atoms with E-state index in [9.17, 15) is 4.79 Å². The zero-order valence-electron chi connectivity index (χ0n) is 12.9. The maximum absolute atomic E-state index is 12.0. The van der Waals surface area contributed by atoms with E-state index in [0.717, 1.165) is 16.8 Å². The number of amides is 1. The van der Waals surface area contributed by atoms with Gasteiger partial charge >= 0.3 is 0 Å². The van der Waals surface area contributed by atoms with Crippen LogP contribution in [0.1, 0.15) is 12.8 Å². The van der Waals surface area contributed by atoms with E-state index in [1.165, 1.54) is 5.39 Å². The molecule has 1 N–H and O–H groups in total. The highest BCUT2D eigenvalue weighted by Crippen LogP contribution is 2.19. The second-order valence-electron chi connectivity index (χ2n) is 5.38. The highest BCUT2D eigenvalue weighted by atomic mass is 16.5. The standard InChI is InChI=1S/C20H19NO2/c22-20(11-6-14-23-19-9-2-1-3-10-19)21-18-13-12-16-7-4-5-8-17(16)15-18/h1-5,7-10,12-13,15H,6,11,14H2,(H,21,22). The van der Waals surface area contributed by atoms with Crippen molar-refractivity contribution in [1.82, 2.24) is 0 Å². The summed E-state index contributed by atoms with van der Waals surface area (Å²) in [6.45, 7) is 0.537. The number of carbonyl (C=O) groups excluding carboxylic acids is 1. The SMILES string of the molecule is O=C(CCCOc1ccccc1)Nc1ccc2ccccc2c1. The van der Waals surface area contributed by atoms with Crippen molar-refractivity contribution in [1.29, 1.82) is 0 Å². The summed E-state index contributed by atoms with van der Waals surface area (Å²) in [7, 11) is 0. The molecule has 116 valence electrons. The van der Waals surface area contributed by atoms with Crippen LogP contribution in [0.5, 0.6) is 5.75 Å². The Hall–Kier alpha value is -2.81. The number of hydrogen-bond acceptors (Lipinski definition) is 2. The van der Waals surface area contributed by atoms with Gasteiger partial charge in [-0.2, -0.15) is 0 Å². The molecule has 0 fully saturated rings. The first kappa shape index (κ1) is 15.1. The molecule has 0 saturated heterocycles. The van der Waals surface area contributed by atoms with Gasteiger partial charge < -0.3 is 10.1 Å². The van der Waals surface area contributed by atoms with Gasteiger partial charge in [-0.25, -0.2) is 0 Å². The molecule has 0 aliphatic rings. The number of fused-ring (bicyclic) bond motifs is 1. The van der Waals surface area contributed by atoms with Crippen LogP contribution in [-0.2, 0) is 4.79 Å². The van der Waals surface area contributed by atoms with Crippen LogP contribution in [-0.4, -0.2) is 12.5 Å². The lowest BCUT2D eigenvalue weighted by molar-refractivity contribution is -0.116. The van der Waals surface area contributed by atoms with E-state index in [4.69, 9.17) is 4.74 Å². The minimum absolute atomic E-state index is 0.0111. The molecule has 3 rings (SSSR count). The van der Waals surface area contributed by atoms with Crippen molar-refractivity contribution in [3.8, 4) is 5.75 Å². The molecule has 1 amide bonds. The third-order valence-corrected chi connectivity index (χ3v) is 3.59. The molecule has 0 heterocycles. The molecule has 3 nitrogen and oxygen atoms in total. The Bertz CT molecular complexity index is 784. The average molecular weight is 305 g/mol. The highest BCUT2D eigenvalue weighted by molar-refractivity contribution is 5.94. The molecular weight excluding hydrogens is 286 g/mol. The first-order valence-electron chi connectivity index (χ1n) is 7.78. The quantitative estimate of drug-likeness (QED) is 0.674. The molecular formula is C20H19NO2. The predicted octanol–water partition coefficient (Wildman–Crippen LogP) is 4.64. The molecule has 0 spiro atoms. The van der Waals surface area contributed by atoms with Gasteiger partial charge in [-0.3, -0.25) is 4.79 Å². The minimum Gasteiger partial charge on any atom is -0.494 e. The molecule has 0 aliphatic heterocycles. The smallest absolute Gasteiger partial charge is 0.224 e. The molecule has 23 heavy (non-hydrogen) atoms. The molecule has 0 unspecified atom stereocenters. The number of ether oxygens (including phenoxy) is 1. The van der Waals surface area contributed by atoms with Crippen molar-refractivity contribution < 1.29 is 9.53 Å². The van der Waals surface area contributed by atoms with Gasteiger partial charge in [-0.1, -0.05) is 48.5 Å². The minimum atomic E-state index is 0.0111. The zero-order valence-corrected chi connectivity index (χ0v) is 12.9. The Morgan fingerprint density at radius 3 is 2.43 bits per heavy atom. The number of rotatable bonds is 6. The summed E-state index contributed by atoms with van der Waals surface area (Å²) < 4.78 is 5.58. The zero-order chi connectivity index (χ0) is 15.9. The first-order valence-corrected chi connectivity index (χ1v) is 7.78. The summed E-state index contributed by atoms with van der Waals surface area (Å²) in [5, 5.41) is 5.23. The van der Waals surface area contributed by atoms with Crippen LogP contribution in [0.3, 0.4) is 0 Å². The predicted molar refractivity (Wildman–Crippen MR) is 93.7 cm³/mol. The fourth-order valence-electron chi connectivity index (χ4n) is 2.43. The fourth-order valence-corrected chi connectivity index (χ4v) is 2.43. The Morgan fingerprint density at radius 1 is 0.870 bits per heavy atom. The average Bonchev–Trinajstić information content (AvgIpc) is 2.59. The Balaban J connectivity index is 1.46. The van der Waals surface area contributed by atoms with E-state index in [1.54, 1.807) is 0 Å². The van der Waals surface area contributed by atoms with Crippen LogP contribution in [0.4, 0.5) is 5.69 Å². The lowest BCUT2D eigenvalue weighted by atomic mass is 10.1. The molecule has 0 saturated carbocycles. The van der Waals surface area contributed by atoms with Crippen molar-refractivity contribution in [2.24, 2.45) is 0 Å². The van der Waals surface area contributed by atoms with Crippen molar-refractivity contribution in [2.45, 2.75) is 12.8 Å². The number of anilines is 1. The fraction of sp³-hybridized carbons (Fsp3) is 0.150. The van der Waals surface area contributed by atoms with Crippen LogP contribution in [0, 0.1) is 0 Å². The normalized spacial score (nSPS) is 10.4. The van der Waals surface area contributed by atoms with E-state index in [0.29, 0.717) is 19.4 Å². The Labute approximate surface area is 135 Å². The summed E-state index contributed by atoms with van der Waals surface area (Å²) >= 11 is 0. The van der Waals surface area contributed by atoms with Crippen LogP contribution < -0.4 is 10.1 Å². The summed E-state index contributed by atoms with van der Waals surface area (Å²) in [4.78, 5) is 12.0. The maximum atomic E-state index is 12.0. The van der Waals surface area contributed by atoms with Crippen LogP contribution in [0.25, 0.3) is 10.8 Å². The van der Waals surface area contributed by atoms with Gasteiger partial charge in [0.15, 0.2) is 0 Å². The van der Waals surface area contributed by atoms with Gasteiger partial charge in [0.1, 0.15) is 5.75 Å². The Kier molecular flexibility index (Phi) is 4.89. The number of carbonyl (C=O) groups is 1. The molecule has 3 heteroatoms. The van der Waals surface area contributed by atoms with Gasteiger partial charge in [0.2, 0.25) is 5.91 Å². The van der Waals surface area contributed by atoms with E-state index < -0.39 is 0 Å². The van der Waals surface area contributed by atoms with Gasteiger partial charge in [0, 0.05) is 12.1 Å². The molecule has 0 atom stereocenters. The van der Waals surface area contributed by atoms with E-state index >= 15 is 0 Å². The van der Waals surface area contributed by atoms with Crippen LogP contribution >= 0.6 is 0 Å². The molecule has 3 aromatic rings. The molecule has 0 aromatic heterocycles. The van der Waals surface area contributed by atoms with Crippen molar-refractivity contribution in [3.05, 3.63) is 72.8 Å². The van der Waals surface area contributed by atoms with E-state index in [2.05, 4.69) is 11.4 Å². The summed E-state index contributed by atoms with van der Waals surface area (Å²) in [6, 6.07) is 23.7. The topological polar surface area (TPSA) is 38.3 Å². The van der Waals surface area contributed by atoms with Crippen LogP contribution in [0.15, 0.2) is 72.8 Å². The van der Waals surface area contributed by atoms with E-state index in [1.807, 2.05) is 66.7 Å². The van der Waals surface area contributed by atoms with Crippen molar-refractivity contribution in [2.75, 3.05) is 11.9 Å². The number of benzene rings is 3. The number of hydrogen-bond donors (Lipinski definition) is 1. The Morgan fingerprint density at radius 2 is 1.61 bits per heavy atom. The molecule has 0 bridgehead atoms. The maximum Gasteiger partial charge on any atom is 0.224 e. The first-order chi connectivity index (χ1) is 11.3. The van der Waals surface area contributed by atoms with Crippen molar-refractivity contribution >= 4 is 22.4 Å². The highest BCUT2D eigenvalue weighted by Gasteiger charge is 2.03. The molecule has 0 radical (unpaired) electrons. The largest absolute Gasteiger partial charge is 0.494 e. The second kappa shape index (κ2) is 7.45. The number of para-hydroxylation sites is 1. The van der Waals surface area contributed by atoms with Gasteiger partial charge in [0.25, 0.3) is 0 Å². The monoisotopic (exact) mass is 305 g/mol.